The monoisotopic (exact) mass is 263 g/mol. The highest BCUT2D eigenvalue weighted by Gasteiger charge is 2.37. The molecule has 19 heavy (non-hydrogen) atoms. The molecule has 3 rings (SSSR count). The Balaban J connectivity index is 0.000000141. The summed E-state index contributed by atoms with van der Waals surface area (Å²) in [5, 5.41) is 17.8. The number of rotatable bonds is 1. The number of aliphatic hydroxyl groups excluding tert-OH is 1. The third-order valence-electron chi connectivity index (χ3n) is 4.09. The highest BCUT2D eigenvalue weighted by molar-refractivity contribution is 5.87. The zero-order valence-corrected chi connectivity index (χ0v) is 11.2. The van der Waals surface area contributed by atoms with Crippen LogP contribution in [0.3, 0.4) is 0 Å². The number of fused-ring (bicyclic) bond motifs is 2. The van der Waals surface area contributed by atoms with E-state index in [-0.39, 0.29) is 6.10 Å². The summed E-state index contributed by atoms with van der Waals surface area (Å²) >= 11 is 0. The third kappa shape index (κ3) is 3.55. The standard InChI is InChI=1S/C8H15NO.C7H6O2/c1-9-6-2-3-7(9)5-8(10)4-6;8-7(9)6-4-2-1-3-5-6/h6-8,10H,2-5H2,1H3;1-5H,(H,8,9)/t6-,7+,8?;. The van der Waals surface area contributed by atoms with E-state index in [1.165, 1.54) is 12.8 Å². The second-order valence-electron chi connectivity index (χ2n) is 5.35. The number of carboxylic acids is 1. The third-order valence-corrected chi connectivity index (χ3v) is 4.09. The number of aliphatic hydroxyl groups is 1. The Hall–Kier alpha value is -1.39. The minimum Gasteiger partial charge on any atom is -0.478 e. The lowest BCUT2D eigenvalue weighted by molar-refractivity contribution is 0.0503. The molecule has 2 bridgehead atoms. The fourth-order valence-corrected chi connectivity index (χ4v) is 2.96. The maximum atomic E-state index is 10.2. The maximum Gasteiger partial charge on any atom is 0.335 e. The first-order valence-corrected chi connectivity index (χ1v) is 6.76. The fourth-order valence-electron chi connectivity index (χ4n) is 2.96. The molecule has 0 aromatic heterocycles. The summed E-state index contributed by atoms with van der Waals surface area (Å²) in [4.78, 5) is 12.6. The largest absolute Gasteiger partial charge is 0.478 e. The number of benzene rings is 1. The molecule has 2 heterocycles. The summed E-state index contributed by atoms with van der Waals surface area (Å²) in [5.41, 5.74) is 0.331. The van der Waals surface area contributed by atoms with Crippen LogP contribution < -0.4 is 0 Å². The van der Waals surface area contributed by atoms with E-state index in [0.29, 0.717) is 17.6 Å². The van der Waals surface area contributed by atoms with Crippen molar-refractivity contribution in [1.29, 1.82) is 0 Å². The summed E-state index contributed by atoms with van der Waals surface area (Å²) < 4.78 is 0. The van der Waals surface area contributed by atoms with Crippen LogP contribution >= 0.6 is 0 Å². The fraction of sp³-hybridized carbons (Fsp3) is 0.533. The van der Waals surface area contributed by atoms with Crippen LogP contribution in [0.15, 0.2) is 30.3 Å². The Morgan fingerprint density at radius 2 is 1.68 bits per heavy atom. The molecule has 4 heteroatoms. The van der Waals surface area contributed by atoms with Gasteiger partial charge in [0, 0.05) is 12.1 Å². The van der Waals surface area contributed by atoms with Gasteiger partial charge in [-0.15, -0.1) is 0 Å². The van der Waals surface area contributed by atoms with E-state index in [2.05, 4.69) is 11.9 Å². The van der Waals surface area contributed by atoms with Crippen molar-refractivity contribution in [3.05, 3.63) is 35.9 Å². The van der Waals surface area contributed by atoms with Crippen LogP contribution in [-0.2, 0) is 0 Å². The molecule has 0 amide bonds. The molecule has 2 aliphatic heterocycles. The zero-order chi connectivity index (χ0) is 13.8. The lowest BCUT2D eigenvalue weighted by Crippen LogP contribution is -2.41. The van der Waals surface area contributed by atoms with Gasteiger partial charge in [-0.1, -0.05) is 18.2 Å². The van der Waals surface area contributed by atoms with Crippen LogP contribution in [0.25, 0.3) is 0 Å². The molecular formula is C15H21NO3. The molecule has 2 N–H and O–H groups in total. The summed E-state index contributed by atoms with van der Waals surface area (Å²) in [6.07, 6.45) is 4.62. The van der Waals surface area contributed by atoms with Gasteiger partial charge < -0.3 is 15.1 Å². The van der Waals surface area contributed by atoms with Crippen molar-refractivity contribution >= 4 is 5.97 Å². The van der Waals surface area contributed by atoms with Crippen LogP contribution in [0.1, 0.15) is 36.0 Å². The van der Waals surface area contributed by atoms with E-state index in [1.807, 2.05) is 0 Å². The topological polar surface area (TPSA) is 60.8 Å². The Bertz CT molecular complexity index is 407. The molecule has 4 nitrogen and oxygen atoms in total. The molecule has 0 saturated carbocycles. The molecule has 3 atom stereocenters. The van der Waals surface area contributed by atoms with Gasteiger partial charge in [-0.25, -0.2) is 4.79 Å². The highest BCUT2D eigenvalue weighted by atomic mass is 16.4. The maximum absolute atomic E-state index is 10.2. The minimum atomic E-state index is -0.879. The first-order chi connectivity index (χ1) is 9.08. The van der Waals surface area contributed by atoms with Crippen molar-refractivity contribution < 1.29 is 15.0 Å². The van der Waals surface area contributed by atoms with Crippen molar-refractivity contribution in [3.63, 3.8) is 0 Å². The van der Waals surface area contributed by atoms with Crippen molar-refractivity contribution in [3.8, 4) is 0 Å². The van der Waals surface area contributed by atoms with Gasteiger partial charge in [0.05, 0.1) is 11.7 Å². The van der Waals surface area contributed by atoms with E-state index in [0.717, 1.165) is 12.8 Å². The van der Waals surface area contributed by atoms with Crippen molar-refractivity contribution in [2.24, 2.45) is 0 Å². The molecule has 0 aliphatic carbocycles. The summed E-state index contributed by atoms with van der Waals surface area (Å²) in [6.45, 7) is 0. The number of piperidine rings is 1. The van der Waals surface area contributed by atoms with E-state index in [9.17, 15) is 9.90 Å². The number of nitrogens with zero attached hydrogens (tertiary/aromatic N) is 1. The van der Waals surface area contributed by atoms with Gasteiger partial charge in [0.2, 0.25) is 0 Å². The molecule has 2 aliphatic rings. The van der Waals surface area contributed by atoms with Gasteiger partial charge in [-0.3, -0.25) is 0 Å². The predicted octanol–water partition coefficient (Wildman–Crippen LogP) is 1.99. The molecule has 2 fully saturated rings. The lowest BCUT2D eigenvalue weighted by atomic mass is 10.0. The van der Waals surface area contributed by atoms with Crippen LogP contribution in [-0.4, -0.2) is 46.3 Å². The number of hydrogen-bond donors (Lipinski definition) is 2. The molecule has 2 saturated heterocycles. The molecule has 1 unspecified atom stereocenters. The van der Waals surface area contributed by atoms with Gasteiger partial charge >= 0.3 is 5.97 Å². The van der Waals surface area contributed by atoms with Gasteiger partial charge in [-0.05, 0) is 44.9 Å². The average molecular weight is 263 g/mol. The first kappa shape index (κ1) is 14.0. The van der Waals surface area contributed by atoms with Gasteiger partial charge in [0.1, 0.15) is 0 Å². The SMILES string of the molecule is CN1[C@@H]2CC[C@H]1CC(O)C2.O=C(O)c1ccccc1. The average Bonchev–Trinajstić information content (AvgIpc) is 2.64. The summed E-state index contributed by atoms with van der Waals surface area (Å²) in [5.74, 6) is -0.879. The Morgan fingerprint density at radius 3 is 2.11 bits per heavy atom. The number of carboxylic acid groups (broad SMARTS) is 1. The van der Waals surface area contributed by atoms with Crippen molar-refractivity contribution in [1.82, 2.24) is 4.90 Å². The van der Waals surface area contributed by atoms with Crippen LogP contribution in [0.2, 0.25) is 0 Å². The van der Waals surface area contributed by atoms with E-state index >= 15 is 0 Å². The Morgan fingerprint density at radius 1 is 1.16 bits per heavy atom. The van der Waals surface area contributed by atoms with Gasteiger partial charge in [-0.2, -0.15) is 0 Å². The van der Waals surface area contributed by atoms with E-state index in [1.54, 1.807) is 30.3 Å². The second kappa shape index (κ2) is 6.17. The second-order valence-corrected chi connectivity index (χ2v) is 5.35. The van der Waals surface area contributed by atoms with E-state index in [4.69, 9.17) is 5.11 Å². The summed E-state index contributed by atoms with van der Waals surface area (Å²) in [6, 6.07) is 9.67. The first-order valence-electron chi connectivity index (χ1n) is 6.76. The highest BCUT2D eigenvalue weighted by Crippen LogP contribution is 2.33. The van der Waals surface area contributed by atoms with Crippen LogP contribution in [0, 0.1) is 0 Å². The molecule has 0 radical (unpaired) electrons. The normalized spacial score (nSPS) is 29.5. The van der Waals surface area contributed by atoms with Gasteiger partial charge in [0.15, 0.2) is 0 Å². The minimum absolute atomic E-state index is 0.00583. The van der Waals surface area contributed by atoms with Crippen LogP contribution in [0.4, 0.5) is 0 Å². The van der Waals surface area contributed by atoms with Gasteiger partial charge in [0.25, 0.3) is 0 Å². The van der Waals surface area contributed by atoms with E-state index < -0.39 is 5.97 Å². The lowest BCUT2D eigenvalue weighted by Gasteiger charge is -2.33. The van der Waals surface area contributed by atoms with Crippen LogP contribution in [0.5, 0.6) is 0 Å². The summed E-state index contributed by atoms with van der Waals surface area (Å²) in [7, 11) is 2.19. The quantitative estimate of drug-likeness (QED) is 0.813. The Labute approximate surface area is 113 Å². The molecule has 104 valence electrons. The molecular weight excluding hydrogens is 242 g/mol. The predicted molar refractivity (Wildman–Crippen MR) is 73.2 cm³/mol. The van der Waals surface area contributed by atoms with Crippen molar-refractivity contribution in [2.45, 2.75) is 43.9 Å². The molecule has 0 spiro atoms. The number of hydrogen-bond acceptors (Lipinski definition) is 3. The molecule has 1 aromatic carbocycles. The van der Waals surface area contributed by atoms with Crippen molar-refractivity contribution in [2.75, 3.05) is 7.05 Å². The molecule has 1 aromatic rings. The Kier molecular flexibility index (Phi) is 4.56. The number of aromatic carboxylic acids is 1. The number of carbonyl (C=O) groups is 1. The smallest absolute Gasteiger partial charge is 0.335 e. The zero-order valence-electron chi connectivity index (χ0n) is 11.2.